The van der Waals surface area contributed by atoms with E-state index in [4.69, 9.17) is 4.74 Å². The van der Waals surface area contributed by atoms with Gasteiger partial charge in [-0.05, 0) is 43.5 Å². The lowest BCUT2D eigenvalue weighted by Crippen LogP contribution is -2.35. The molecule has 3 atom stereocenters. The second kappa shape index (κ2) is 6.81. The summed E-state index contributed by atoms with van der Waals surface area (Å²) < 4.78 is 6.93. The van der Waals surface area contributed by atoms with Gasteiger partial charge in [-0.15, -0.1) is 5.10 Å². The van der Waals surface area contributed by atoms with Gasteiger partial charge in [0, 0.05) is 36.9 Å². The molecule has 1 N–H and O–H groups in total. The highest BCUT2D eigenvalue weighted by molar-refractivity contribution is 5.91. The second-order valence-electron chi connectivity index (χ2n) is 7.94. The van der Waals surface area contributed by atoms with Crippen LogP contribution in [0.4, 0.5) is 0 Å². The number of carbonyl (C=O) groups is 1. The number of hydrogen-bond acceptors (Lipinski definition) is 6. The standard InChI is InChI=1S/C21H24N6O2/c1-12-8-13(2)27-21(23-12)24-19(25-27)20(28)26-11-15-9-22-10-17(15)18(26)14-4-6-16(29-3)7-5-14/h4-8,15,17-18,22H,9-11H2,1-3H3/t15-,17-,18+/m0/s1. The van der Waals surface area contributed by atoms with Gasteiger partial charge >= 0.3 is 0 Å². The summed E-state index contributed by atoms with van der Waals surface area (Å²) in [7, 11) is 1.66. The summed E-state index contributed by atoms with van der Waals surface area (Å²) in [5.74, 6) is 2.16. The number of amides is 1. The van der Waals surface area contributed by atoms with E-state index in [0.717, 1.165) is 35.8 Å². The number of likely N-dealkylation sites (tertiary alicyclic amines) is 1. The first-order valence-corrected chi connectivity index (χ1v) is 9.92. The molecule has 8 nitrogen and oxygen atoms in total. The molecule has 5 rings (SSSR count). The molecule has 8 heteroatoms. The number of methoxy groups -OCH3 is 1. The average molecular weight is 392 g/mol. The Kier molecular flexibility index (Phi) is 4.24. The zero-order valence-electron chi connectivity index (χ0n) is 16.8. The van der Waals surface area contributed by atoms with Gasteiger partial charge in [0.2, 0.25) is 5.82 Å². The zero-order valence-corrected chi connectivity index (χ0v) is 16.8. The van der Waals surface area contributed by atoms with Crippen LogP contribution in [0.5, 0.6) is 5.75 Å². The van der Waals surface area contributed by atoms with Crippen molar-refractivity contribution in [2.45, 2.75) is 19.9 Å². The summed E-state index contributed by atoms with van der Waals surface area (Å²) in [4.78, 5) is 24.3. The molecule has 1 amide bonds. The number of nitrogens with zero attached hydrogens (tertiary/aromatic N) is 5. The number of aryl methyl sites for hydroxylation is 2. The molecule has 4 heterocycles. The Morgan fingerprint density at radius 1 is 1.17 bits per heavy atom. The molecule has 29 heavy (non-hydrogen) atoms. The van der Waals surface area contributed by atoms with Crippen molar-refractivity contribution in [3.63, 3.8) is 0 Å². The molecule has 2 aromatic heterocycles. The van der Waals surface area contributed by atoms with Gasteiger partial charge in [0.05, 0.1) is 13.2 Å². The number of carbonyl (C=O) groups excluding carboxylic acids is 1. The zero-order chi connectivity index (χ0) is 20.1. The SMILES string of the molecule is COc1ccc([C@@H]2[C@H]3CNC[C@H]3CN2C(=O)c2nc3nc(C)cc(C)n3n2)cc1. The van der Waals surface area contributed by atoms with E-state index in [1.807, 2.05) is 36.9 Å². The molecule has 0 spiro atoms. The Hall–Kier alpha value is -3.00. The Balaban J connectivity index is 1.52. The van der Waals surface area contributed by atoms with Crippen LogP contribution in [0.3, 0.4) is 0 Å². The van der Waals surface area contributed by atoms with Gasteiger partial charge in [-0.1, -0.05) is 12.1 Å². The van der Waals surface area contributed by atoms with E-state index < -0.39 is 0 Å². The van der Waals surface area contributed by atoms with Crippen LogP contribution >= 0.6 is 0 Å². The van der Waals surface area contributed by atoms with E-state index in [1.54, 1.807) is 11.6 Å². The van der Waals surface area contributed by atoms with E-state index in [2.05, 4.69) is 32.5 Å². The fourth-order valence-electron chi connectivity index (χ4n) is 4.74. The molecule has 0 unspecified atom stereocenters. The molecular weight excluding hydrogens is 368 g/mol. The number of fused-ring (bicyclic) bond motifs is 2. The van der Waals surface area contributed by atoms with Gasteiger partial charge in [-0.25, -0.2) is 9.50 Å². The number of rotatable bonds is 3. The van der Waals surface area contributed by atoms with E-state index in [1.165, 1.54) is 0 Å². The van der Waals surface area contributed by atoms with Crippen molar-refractivity contribution in [1.29, 1.82) is 0 Å². The third kappa shape index (κ3) is 2.95. The van der Waals surface area contributed by atoms with Gasteiger partial charge in [0.1, 0.15) is 5.75 Å². The third-order valence-electron chi connectivity index (χ3n) is 6.09. The predicted octanol–water partition coefficient (Wildman–Crippen LogP) is 1.78. The van der Waals surface area contributed by atoms with E-state index in [-0.39, 0.29) is 17.8 Å². The fraction of sp³-hybridized carbons (Fsp3) is 0.429. The van der Waals surface area contributed by atoms with Crippen molar-refractivity contribution in [3.05, 3.63) is 53.1 Å². The molecule has 1 aromatic carbocycles. The molecular formula is C21H24N6O2. The number of aromatic nitrogens is 4. The summed E-state index contributed by atoms with van der Waals surface area (Å²) in [5.41, 5.74) is 2.89. The molecule has 0 bridgehead atoms. The number of ether oxygens (including phenoxy) is 1. The normalized spacial score (nSPS) is 23.6. The Bertz CT molecular complexity index is 1080. The van der Waals surface area contributed by atoms with Crippen molar-refractivity contribution >= 4 is 11.7 Å². The first-order chi connectivity index (χ1) is 14.0. The van der Waals surface area contributed by atoms with Crippen molar-refractivity contribution < 1.29 is 9.53 Å². The fourth-order valence-corrected chi connectivity index (χ4v) is 4.74. The maximum atomic E-state index is 13.5. The lowest BCUT2D eigenvalue weighted by molar-refractivity contribution is 0.0702. The van der Waals surface area contributed by atoms with Crippen LogP contribution < -0.4 is 10.1 Å². The molecule has 2 aliphatic rings. The Labute approximate surface area is 168 Å². The van der Waals surface area contributed by atoms with Crippen molar-refractivity contribution in [3.8, 4) is 5.75 Å². The summed E-state index contributed by atoms with van der Waals surface area (Å²) in [5, 5.41) is 7.94. The smallest absolute Gasteiger partial charge is 0.294 e. The van der Waals surface area contributed by atoms with Gasteiger partial charge in [-0.2, -0.15) is 4.98 Å². The molecule has 0 radical (unpaired) electrons. The first-order valence-electron chi connectivity index (χ1n) is 9.92. The summed E-state index contributed by atoms with van der Waals surface area (Å²) in [6, 6.07) is 9.94. The quantitative estimate of drug-likeness (QED) is 0.732. The van der Waals surface area contributed by atoms with Crippen molar-refractivity contribution in [1.82, 2.24) is 29.8 Å². The number of hydrogen-bond donors (Lipinski definition) is 1. The average Bonchev–Trinajstić information content (AvgIpc) is 3.41. The minimum Gasteiger partial charge on any atom is -0.497 e. The minimum absolute atomic E-state index is 0.00388. The highest BCUT2D eigenvalue weighted by Gasteiger charge is 2.47. The minimum atomic E-state index is -0.136. The van der Waals surface area contributed by atoms with Gasteiger partial charge in [0.25, 0.3) is 11.7 Å². The molecule has 3 aromatic rings. The Morgan fingerprint density at radius 2 is 1.97 bits per heavy atom. The van der Waals surface area contributed by atoms with Crippen LogP contribution in [0.15, 0.2) is 30.3 Å². The Morgan fingerprint density at radius 3 is 2.72 bits per heavy atom. The molecule has 2 aliphatic heterocycles. The molecule has 0 aliphatic carbocycles. The van der Waals surface area contributed by atoms with E-state index >= 15 is 0 Å². The largest absolute Gasteiger partial charge is 0.497 e. The van der Waals surface area contributed by atoms with Crippen molar-refractivity contribution in [2.24, 2.45) is 11.8 Å². The summed E-state index contributed by atoms with van der Waals surface area (Å²) >= 11 is 0. The molecule has 150 valence electrons. The van der Waals surface area contributed by atoms with Crippen LogP contribution in [-0.4, -0.2) is 57.1 Å². The van der Waals surface area contributed by atoms with Gasteiger partial charge in [0.15, 0.2) is 0 Å². The van der Waals surface area contributed by atoms with E-state index in [0.29, 0.717) is 24.2 Å². The monoisotopic (exact) mass is 392 g/mol. The topological polar surface area (TPSA) is 84.6 Å². The van der Waals surface area contributed by atoms with Crippen LogP contribution in [0, 0.1) is 25.7 Å². The van der Waals surface area contributed by atoms with Crippen LogP contribution in [0.25, 0.3) is 5.78 Å². The van der Waals surface area contributed by atoms with Crippen LogP contribution in [-0.2, 0) is 0 Å². The first kappa shape index (κ1) is 18.1. The maximum Gasteiger partial charge on any atom is 0.294 e. The second-order valence-corrected chi connectivity index (χ2v) is 7.94. The third-order valence-corrected chi connectivity index (χ3v) is 6.09. The van der Waals surface area contributed by atoms with Gasteiger partial charge in [-0.3, -0.25) is 4.79 Å². The van der Waals surface area contributed by atoms with E-state index in [9.17, 15) is 4.79 Å². The summed E-state index contributed by atoms with van der Waals surface area (Å²) in [6.45, 7) is 6.39. The van der Waals surface area contributed by atoms with Crippen LogP contribution in [0.2, 0.25) is 0 Å². The lowest BCUT2D eigenvalue weighted by atomic mass is 9.89. The molecule has 0 saturated carbocycles. The summed E-state index contributed by atoms with van der Waals surface area (Å²) in [6.07, 6.45) is 0. The lowest BCUT2D eigenvalue weighted by Gasteiger charge is -2.27. The predicted molar refractivity (Wildman–Crippen MR) is 107 cm³/mol. The maximum absolute atomic E-state index is 13.5. The highest BCUT2D eigenvalue weighted by Crippen LogP contribution is 2.43. The molecule has 2 saturated heterocycles. The van der Waals surface area contributed by atoms with Crippen LogP contribution in [0.1, 0.15) is 33.6 Å². The molecule has 2 fully saturated rings. The highest BCUT2D eigenvalue weighted by atomic mass is 16.5. The number of nitrogens with one attached hydrogen (secondary N) is 1. The number of benzene rings is 1. The van der Waals surface area contributed by atoms with Crippen molar-refractivity contribution in [2.75, 3.05) is 26.7 Å². The van der Waals surface area contributed by atoms with Gasteiger partial charge < -0.3 is 15.0 Å².